The Morgan fingerprint density at radius 1 is 1.07 bits per heavy atom. The van der Waals surface area contributed by atoms with Gasteiger partial charge in [-0.3, -0.25) is 19.3 Å². The average molecular weight is 423 g/mol. The summed E-state index contributed by atoms with van der Waals surface area (Å²) in [7, 11) is 0. The fourth-order valence-corrected chi connectivity index (χ4v) is 4.28. The molecule has 8 heteroatoms. The molecule has 0 aliphatic carbocycles. The number of amides is 3. The molecule has 1 unspecified atom stereocenters. The maximum Gasteiger partial charge on any atom is 0.262 e. The van der Waals surface area contributed by atoms with E-state index in [1.54, 1.807) is 52.5 Å². The fourth-order valence-electron chi connectivity index (χ4n) is 3.59. The normalized spacial score (nSPS) is 14.3. The maximum absolute atomic E-state index is 13.2. The lowest BCUT2D eigenvalue weighted by Gasteiger charge is -2.26. The number of imide groups is 1. The number of carbonyl (C=O) groups is 3. The lowest BCUT2D eigenvalue weighted by atomic mass is 10.0. The molecule has 3 amide bonds. The molecule has 3 aromatic rings. The quantitative estimate of drug-likeness (QED) is 0.589. The zero-order valence-electron chi connectivity index (χ0n) is 16.7. The number of thiophene rings is 1. The molecule has 1 atom stereocenters. The number of hydrogen-bond donors (Lipinski definition) is 1. The van der Waals surface area contributed by atoms with E-state index in [0.717, 1.165) is 9.78 Å². The average Bonchev–Trinajstić information content (AvgIpc) is 3.44. The molecule has 30 heavy (non-hydrogen) atoms. The Balaban J connectivity index is 1.58. The Hall–Kier alpha value is -3.26. The first kappa shape index (κ1) is 20.0. The number of nitrogens with zero attached hydrogens (tertiary/aromatic N) is 3. The summed E-state index contributed by atoms with van der Waals surface area (Å²) in [6.45, 7) is 4.45. The highest BCUT2D eigenvalue weighted by molar-refractivity contribution is 7.09. The predicted molar refractivity (Wildman–Crippen MR) is 114 cm³/mol. The van der Waals surface area contributed by atoms with Crippen LogP contribution in [0.4, 0.5) is 5.82 Å². The van der Waals surface area contributed by atoms with Gasteiger partial charge in [0.15, 0.2) is 0 Å². The number of aromatic nitrogens is 2. The van der Waals surface area contributed by atoms with Gasteiger partial charge in [0.25, 0.3) is 11.8 Å². The van der Waals surface area contributed by atoms with Gasteiger partial charge in [-0.05, 0) is 35.9 Å². The number of hydrogen-bond acceptors (Lipinski definition) is 5. The number of benzene rings is 1. The Bertz CT molecular complexity index is 1050. The van der Waals surface area contributed by atoms with E-state index in [1.807, 2.05) is 31.4 Å². The molecule has 0 saturated heterocycles. The summed E-state index contributed by atoms with van der Waals surface area (Å²) < 4.78 is 1.69. The fraction of sp³-hybridized carbons (Fsp3) is 0.273. The van der Waals surface area contributed by atoms with E-state index in [9.17, 15) is 14.4 Å². The third kappa shape index (κ3) is 3.78. The first-order valence-corrected chi connectivity index (χ1v) is 10.7. The van der Waals surface area contributed by atoms with Crippen LogP contribution < -0.4 is 5.32 Å². The summed E-state index contributed by atoms with van der Waals surface area (Å²) in [4.78, 5) is 41.3. The van der Waals surface area contributed by atoms with Crippen LogP contribution in [-0.4, -0.2) is 38.4 Å². The molecular formula is C22H22N4O3S. The minimum atomic E-state index is -0.900. The van der Waals surface area contributed by atoms with E-state index < -0.39 is 23.8 Å². The third-order valence-corrected chi connectivity index (χ3v) is 5.85. The molecule has 1 N–H and O–H groups in total. The van der Waals surface area contributed by atoms with Crippen LogP contribution in [-0.2, 0) is 11.3 Å². The number of nitrogens with one attached hydrogen (secondary N) is 1. The van der Waals surface area contributed by atoms with Crippen molar-refractivity contribution in [2.75, 3.05) is 5.32 Å². The van der Waals surface area contributed by atoms with Crippen molar-refractivity contribution >= 4 is 34.9 Å². The molecule has 0 saturated carbocycles. The Morgan fingerprint density at radius 3 is 2.37 bits per heavy atom. The zero-order valence-corrected chi connectivity index (χ0v) is 17.6. The van der Waals surface area contributed by atoms with Gasteiger partial charge in [-0.1, -0.05) is 32.0 Å². The number of anilines is 1. The summed E-state index contributed by atoms with van der Waals surface area (Å²) in [5.74, 6) is -0.613. The molecule has 0 bridgehead atoms. The molecule has 7 nitrogen and oxygen atoms in total. The molecule has 1 aliphatic rings. The second-order valence-corrected chi connectivity index (χ2v) is 8.65. The second-order valence-electron chi connectivity index (χ2n) is 7.61. The third-order valence-electron chi connectivity index (χ3n) is 4.99. The van der Waals surface area contributed by atoms with Gasteiger partial charge in [0, 0.05) is 10.9 Å². The van der Waals surface area contributed by atoms with Crippen molar-refractivity contribution < 1.29 is 14.4 Å². The van der Waals surface area contributed by atoms with Crippen molar-refractivity contribution in [3.05, 3.63) is 70.0 Å². The van der Waals surface area contributed by atoms with Crippen LogP contribution in [0.15, 0.2) is 54.0 Å². The van der Waals surface area contributed by atoms with E-state index in [-0.39, 0.29) is 5.92 Å². The zero-order chi connectivity index (χ0) is 21.3. The maximum atomic E-state index is 13.2. The smallest absolute Gasteiger partial charge is 0.262 e. The monoisotopic (exact) mass is 422 g/mol. The van der Waals surface area contributed by atoms with E-state index >= 15 is 0 Å². The van der Waals surface area contributed by atoms with Crippen LogP contribution in [0.1, 0.15) is 45.9 Å². The minimum Gasteiger partial charge on any atom is -0.309 e. The van der Waals surface area contributed by atoms with Gasteiger partial charge < -0.3 is 5.32 Å². The van der Waals surface area contributed by atoms with Gasteiger partial charge in [0.1, 0.15) is 11.9 Å². The van der Waals surface area contributed by atoms with E-state index in [2.05, 4.69) is 10.4 Å². The largest absolute Gasteiger partial charge is 0.309 e. The molecule has 4 rings (SSSR count). The van der Waals surface area contributed by atoms with Crippen LogP contribution in [0.2, 0.25) is 0 Å². The van der Waals surface area contributed by atoms with Gasteiger partial charge in [0.2, 0.25) is 5.91 Å². The molecule has 154 valence electrons. The highest BCUT2D eigenvalue weighted by Crippen LogP contribution is 2.27. The van der Waals surface area contributed by atoms with Gasteiger partial charge in [0.05, 0.1) is 23.9 Å². The van der Waals surface area contributed by atoms with Crippen molar-refractivity contribution in [2.24, 2.45) is 5.92 Å². The van der Waals surface area contributed by atoms with Crippen molar-refractivity contribution in [3.8, 4) is 0 Å². The second kappa shape index (κ2) is 8.23. The number of carbonyl (C=O) groups excluding carboxylic acids is 3. The predicted octanol–water partition coefficient (Wildman–Crippen LogP) is 3.64. The minimum absolute atomic E-state index is 0.112. The Morgan fingerprint density at radius 2 is 1.77 bits per heavy atom. The summed E-state index contributed by atoms with van der Waals surface area (Å²) in [5.41, 5.74) is 0.679. The van der Waals surface area contributed by atoms with E-state index in [0.29, 0.717) is 29.9 Å². The van der Waals surface area contributed by atoms with Crippen molar-refractivity contribution in [2.45, 2.75) is 32.9 Å². The first-order valence-electron chi connectivity index (χ1n) is 9.77. The van der Waals surface area contributed by atoms with Crippen molar-refractivity contribution in [1.82, 2.24) is 14.7 Å². The standard InChI is InChI=1S/C22H22N4O3S/c1-14(2)12-18(26-21(28)16-7-3-4-8-17(16)22(26)29)20(27)24-19-9-10-23-25(19)13-15-6-5-11-30-15/h3-11,14,18H,12-13H2,1-2H3,(H,24,27). The summed E-state index contributed by atoms with van der Waals surface area (Å²) >= 11 is 1.61. The van der Waals surface area contributed by atoms with Crippen LogP contribution in [0, 0.1) is 5.92 Å². The number of fused-ring (bicyclic) bond motifs is 1. The number of rotatable bonds is 7. The molecule has 2 aromatic heterocycles. The first-order chi connectivity index (χ1) is 14.5. The molecule has 3 heterocycles. The van der Waals surface area contributed by atoms with Crippen molar-refractivity contribution in [1.29, 1.82) is 0 Å². The topological polar surface area (TPSA) is 84.3 Å². The van der Waals surface area contributed by atoms with Crippen LogP contribution in [0.3, 0.4) is 0 Å². The SMILES string of the molecule is CC(C)CC(C(=O)Nc1ccnn1Cc1cccs1)N1C(=O)c2ccccc2C1=O. The summed E-state index contributed by atoms with van der Waals surface area (Å²) in [6.07, 6.45) is 1.99. The molecule has 1 aromatic carbocycles. The van der Waals surface area contributed by atoms with Gasteiger partial charge in [-0.2, -0.15) is 5.10 Å². The van der Waals surface area contributed by atoms with Gasteiger partial charge >= 0.3 is 0 Å². The molecular weight excluding hydrogens is 400 g/mol. The molecule has 1 aliphatic heterocycles. The molecule has 0 fully saturated rings. The van der Waals surface area contributed by atoms with E-state index in [1.165, 1.54) is 0 Å². The van der Waals surface area contributed by atoms with E-state index in [4.69, 9.17) is 0 Å². The summed E-state index contributed by atoms with van der Waals surface area (Å²) in [5, 5.41) is 9.14. The lowest BCUT2D eigenvalue weighted by molar-refractivity contribution is -0.120. The highest BCUT2D eigenvalue weighted by atomic mass is 32.1. The van der Waals surface area contributed by atoms with Crippen LogP contribution in [0.5, 0.6) is 0 Å². The Labute approximate surface area is 178 Å². The van der Waals surface area contributed by atoms with Crippen molar-refractivity contribution in [3.63, 3.8) is 0 Å². The molecule has 0 radical (unpaired) electrons. The summed E-state index contributed by atoms with van der Waals surface area (Å²) in [6, 6.07) is 11.4. The highest BCUT2D eigenvalue weighted by Gasteiger charge is 2.42. The van der Waals surface area contributed by atoms with Crippen LogP contribution in [0.25, 0.3) is 0 Å². The molecule has 0 spiro atoms. The Kier molecular flexibility index (Phi) is 5.50. The van der Waals surface area contributed by atoms with Gasteiger partial charge in [-0.25, -0.2) is 4.68 Å². The van der Waals surface area contributed by atoms with Crippen LogP contribution >= 0.6 is 11.3 Å². The lowest BCUT2D eigenvalue weighted by Crippen LogP contribution is -2.48. The van der Waals surface area contributed by atoms with Gasteiger partial charge in [-0.15, -0.1) is 11.3 Å².